The Bertz CT molecular complexity index is 845. The number of aromatic nitrogens is 1. The quantitative estimate of drug-likeness (QED) is 0.715. The molecule has 1 aliphatic rings. The first-order valence-electron chi connectivity index (χ1n) is 8.86. The number of nitrogens with two attached hydrogens (primary N) is 2. The summed E-state index contributed by atoms with van der Waals surface area (Å²) in [6.45, 7) is 1.29. The summed E-state index contributed by atoms with van der Waals surface area (Å²) in [4.78, 5) is 24.7. The molecule has 0 unspecified atom stereocenters. The van der Waals surface area contributed by atoms with Crippen LogP contribution in [0.5, 0.6) is 5.75 Å². The van der Waals surface area contributed by atoms with Gasteiger partial charge in [-0.25, -0.2) is 0 Å². The Labute approximate surface area is 167 Å². The van der Waals surface area contributed by atoms with E-state index in [1.54, 1.807) is 0 Å². The lowest BCUT2D eigenvalue weighted by Crippen LogP contribution is -2.20. The van der Waals surface area contributed by atoms with Crippen LogP contribution in [0.25, 0.3) is 10.9 Å². The highest BCUT2D eigenvalue weighted by Gasteiger charge is 2.16. The Morgan fingerprint density at radius 2 is 1.89 bits per heavy atom. The maximum Gasteiger partial charge on any atom is 0.264 e. The van der Waals surface area contributed by atoms with Crippen LogP contribution in [-0.4, -0.2) is 22.8 Å². The third-order valence-corrected chi connectivity index (χ3v) is 4.81. The average Bonchev–Trinajstić information content (AvgIpc) is 2.63. The van der Waals surface area contributed by atoms with Crippen LogP contribution in [0.15, 0.2) is 46.7 Å². The fourth-order valence-electron chi connectivity index (χ4n) is 2.87. The molecule has 1 aromatic carbocycles. The van der Waals surface area contributed by atoms with Crippen molar-refractivity contribution in [2.24, 2.45) is 11.5 Å². The summed E-state index contributed by atoms with van der Waals surface area (Å²) in [7, 11) is 0. The monoisotopic (exact) mass is 433 g/mol. The number of halogens is 1. The molecule has 2 aromatic rings. The van der Waals surface area contributed by atoms with E-state index in [9.17, 15) is 9.59 Å². The number of rotatable bonds is 4. The zero-order valence-corrected chi connectivity index (χ0v) is 16.9. The molecule has 0 bridgehead atoms. The van der Waals surface area contributed by atoms with Crippen LogP contribution in [0.2, 0.25) is 0 Å². The third kappa shape index (κ3) is 6.36. The van der Waals surface area contributed by atoms with Gasteiger partial charge in [-0.1, -0.05) is 12.5 Å². The molecule has 144 valence electrons. The summed E-state index contributed by atoms with van der Waals surface area (Å²) in [6.07, 6.45) is 9.48. The summed E-state index contributed by atoms with van der Waals surface area (Å²) in [6, 6.07) is 8.09. The van der Waals surface area contributed by atoms with Gasteiger partial charge in [0.25, 0.3) is 5.91 Å². The molecule has 0 radical (unpaired) electrons. The molecule has 7 heteroatoms. The van der Waals surface area contributed by atoms with E-state index >= 15 is 0 Å². The van der Waals surface area contributed by atoms with Crippen molar-refractivity contribution in [3.05, 3.63) is 46.7 Å². The number of para-hydroxylation sites is 1. The molecule has 4 N–H and O–H groups in total. The second kappa shape index (κ2) is 10.1. The standard InChI is InChI=1S/C15H16BrNO.C5H8N2O2/c16-13-8-4-7-12-14(9-10-17-15(12)13)18-11-5-2-1-3-6-11;1-3(8)2-4(6)5(7)9/h4,7-11H,1-3,5-6H2;2H,6H2,1H3,(H2,7,9)/b;4-2-. The Morgan fingerprint density at radius 3 is 2.48 bits per heavy atom. The van der Waals surface area contributed by atoms with Crippen molar-refractivity contribution in [2.45, 2.75) is 45.1 Å². The highest BCUT2D eigenvalue weighted by Crippen LogP contribution is 2.31. The molecule has 0 spiro atoms. The van der Waals surface area contributed by atoms with E-state index in [0.29, 0.717) is 6.10 Å². The Morgan fingerprint density at radius 1 is 1.19 bits per heavy atom. The molecule has 6 nitrogen and oxygen atoms in total. The second-order valence-electron chi connectivity index (χ2n) is 6.40. The molecule has 1 fully saturated rings. The van der Waals surface area contributed by atoms with Gasteiger partial charge in [-0.05, 0) is 66.7 Å². The maximum atomic E-state index is 10.2. The lowest BCUT2D eigenvalue weighted by atomic mass is 9.98. The van der Waals surface area contributed by atoms with Crippen molar-refractivity contribution in [3.8, 4) is 5.75 Å². The molecular formula is C20H24BrN3O3. The topological polar surface area (TPSA) is 108 Å². The normalized spacial score (nSPS) is 15.0. The summed E-state index contributed by atoms with van der Waals surface area (Å²) < 4.78 is 7.19. The summed E-state index contributed by atoms with van der Waals surface area (Å²) in [5, 5.41) is 1.09. The number of ketones is 1. The molecule has 1 heterocycles. The highest BCUT2D eigenvalue weighted by atomic mass is 79.9. The van der Waals surface area contributed by atoms with E-state index in [2.05, 4.69) is 27.0 Å². The fourth-order valence-corrected chi connectivity index (χ4v) is 3.34. The largest absolute Gasteiger partial charge is 0.490 e. The van der Waals surface area contributed by atoms with E-state index < -0.39 is 5.91 Å². The minimum absolute atomic E-state index is 0.206. The number of pyridine rings is 1. The van der Waals surface area contributed by atoms with Gasteiger partial charge in [-0.3, -0.25) is 14.6 Å². The maximum absolute atomic E-state index is 10.2. The predicted molar refractivity (Wildman–Crippen MR) is 109 cm³/mol. The Balaban J connectivity index is 0.000000249. The van der Waals surface area contributed by atoms with Gasteiger partial charge >= 0.3 is 0 Å². The zero-order chi connectivity index (χ0) is 19.8. The molecule has 3 rings (SSSR count). The van der Waals surface area contributed by atoms with Gasteiger partial charge in [0, 0.05) is 22.1 Å². The van der Waals surface area contributed by atoms with E-state index in [1.165, 1.54) is 39.0 Å². The molecule has 0 saturated heterocycles. The van der Waals surface area contributed by atoms with Gasteiger partial charge in [-0.2, -0.15) is 0 Å². The van der Waals surface area contributed by atoms with E-state index in [1.807, 2.05) is 24.4 Å². The molecule has 27 heavy (non-hydrogen) atoms. The summed E-state index contributed by atoms with van der Waals surface area (Å²) in [5.74, 6) is -0.0929. The van der Waals surface area contributed by atoms with Crippen LogP contribution in [-0.2, 0) is 9.59 Å². The van der Waals surface area contributed by atoms with Crippen LogP contribution < -0.4 is 16.2 Å². The number of amides is 1. The van der Waals surface area contributed by atoms with Crippen molar-refractivity contribution in [2.75, 3.05) is 0 Å². The van der Waals surface area contributed by atoms with Gasteiger partial charge in [0.05, 0.1) is 11.6 Å². The SMILES string of the molecule is Brc1cccc2c(OC3CCCCC3)ccnc12.CC(=O)/C=C(\N)C(N)=O. The smallest absolute Gasteiger partial charge is 0.264 e. The van der Waals surface area contributed by atoms with Crippen LogP contribution in [0, 0.1) is 0 Å². The van der Waals surface area contributed by atoms with Gasteiger partial charge in [0.2, 0.25) is 0 Å². The lowest BCUT2D eigenvalue weighted by Gasteiger charge is -2.23. The number of hydrogen-bond acceptors (Lipinski definition) is 5. The zero-order valence-electron chi connectivity index (χ0n) is 15.3. The first-order valence-corrected chi connectivity index (χ1v) is 9.65. The van der Waals surface area contributed by atoms with Crippen molar-refractivity contribution >= 4 is 38.5 Å². The first-order chi connectivity index (χ1) is 12.9. The van der Waals surface area contributed by atoms with Gasteiger partial charge < -0.3 is 16.2 Å². The van der Waals surface area contributed by atoms with Gasteiger partial charge in [0.1, 0.15) is 11.4 Å². The number of nitrogens with zero attached hydrogens (tertiary/aromatic N) is 1. The van der Waals surface area contributed by atoms with Gasteiger partial charge in [-0.15, -0.1) is 0 Å². The van der Waals surface area contributed by atoms with Crippen molar-refractivity contribution in [3.63, 3.8) is 0 Å². The van der Waals surface area contributed by atoms with E-state index in [0.717, 1.165) is 27.2 Å². The van der Waals surface area contributed by atoms with Crippen LogP contribution in [0.3, 0.4) is 0 Å². The minimum atomic E-state index is -0.773. The Kier molecular flexibility index (Phi) is 7.79. The second-order valence-corrected chi connectivity index (χ2v) is 7.25. The number of fused-ring (bicyclic) bond motifs is 1. The summed E-state index contributed by atoms with van der Waals surface area (Å²) in [5.41, 5.74) is 10.5. The number of carbonyl (C=O) groups is 2. The molecule has 1 aromatic heterocycles. The number of allylic oxidation sites excluding steroid dienone is 1. The number of hydrogen-bond donors (Lipinski definition) is 2. The van der Waals surface area contributed by atoms with Crippen molar-refractivity contribution in [1.82, 2.24) is 4.98 Å². The van der Waals surface area contributed by atoms with Crippen molar-refractivity contribution < 1.29 is 14.3 Å². The molecule has 1 amide bonds. The molecule has 0 atom stereocenters. The number of carbonyl (C=O) groups excluding carboxylic acids is 2. The molecule has 1 saturated carbocycles. The summed E-state index contributed by atoms with van der Waals surface area (Å²) >= 11 is 3.54. The fraction of sp³-hybridized carbons (Fsp3) is 0.350. The van der Waals surface area contributed by atoms with E-state index in [4.69, 9.17) is 16.2 Å². The average molecular weight is 434 g/mol. The number of benzene rings is 1. The number of primary amides is 1. The lowest BCUT2D eigenvalue weighted by molar-refractivity contribution is -0.116. The van der Waals surface area contributed by atoms with Crippen molar-refractivity contribution in [1.29, 1.82) is 0 Å². The molecule has 0 aliphatic heterocycles. The predicted octanol–water partition coefficient (Wildman–Crippen LogP) is 3.61. The van der Waals surface area contributed by atoms with Crippen LogP contribution >= 0.6 is 15.9 Å². The third-order valence-electron chi connectivity index (χ3n) is 4.17. The van der Waals surface area contributed by atoms with Crippen LogP contribution in [0.1, 0.15) is 39.0 Å². The Hall–Kier alpha value is -2.41. The first kappa shape index (κ1) is 20.9. The van der Waals surface area contributed by atoms with E-state index in [-0.39, 0.29) is 11.5 Å². The molecule has 1 aliphatic carbocycles. The van der Waals surface area contributed by atoms with Crippen LogP contribution in [0.4, 0.5) is 0 Å². The molecular weight excluding hydrogens is 410 g/mol. The highest BCUT2D eigenvalue weighted by molar-refractivity contribution is 9.10. The number of ether oxygens (including phenoxy) is 1. The minimum Gasteiger partial charge on any atom is -0.490 e. The van der Waals surface area contributed by atoms with Gasteiger partial charge in [0.15, 0.2) is 5.78 Å².